The SMILES string of the molecule is Cc1cn(CCCCCCOC(=O)[C@]23CCC(C)(C)C[C@H]2C2=CCC4[C@@]5(C)CC[C@H](O)C(C)(C)C5CC[C@@]4(C)[C@]2(C)CC3)c(=O)n(CCCCCCOC(=O)[C@]23CCC(C)(C)C[C@H]2C2=CCC4[C@@]5(C)CC[C@H](O)C(C)(C)C5CC[C@@]4(C)[C@]2(C)CC3)c1=O. The Morgan fingerprint density at radius 3 is 1.33 bits per heavy atom. The molecular weight excluding hydrogens is 1080 g/mol. The number of aryl methyl sites for hydroxylation is 2. The van der Waals surface area contributed by atoms with E-state index >= 15 is 0 Å². The second-order valence-corrected chi connectivity index (χ2v) is 36.3. The predicted octanol–water partition coefficient (Wildman–Crippen LogP) is 16.9. The van der Waals surface area contributed by atoms with Crippen molar-refractivity contribution in [3.8, 4) is 0 Å². The smallest absolute Gasteiger partial charge is 0.330 e. The van der Waals surface area contributed by atoms with E-state index in [0.29, 0.717) is 62.0 Å². The van der Waals surface area contributed by atoms with Crippen molar-refractivity contribution < 1.29 is 29.3 Å². The molecule has 4 unspecified atom stereocenters. The highest BCUT2D eigenvalue weighted by molar-refractivity contribution is 5.79. The van der Waals surface area contributed by atoms with Crippen LogP contribution in [0.25, 0.3) is 0 Å². The van der Waals surface area contributed by atoms with Crippen LogP contribution in [0.3, 0.4) is 0 Å². The Morgan fingerprint density at radius 1 is 0.494 bits per heavy atom. The molecule has 0 amide bonds. The largest absolute Gasteiger partial charge is 0.465 e. The number of hydrogen-bond acceptors (Lipinski definition) is 8. The van der Waals surface area contributed by atoms with Crippen LogP contribution in [0.15, 0.2) is 39.1 Å². The molecule has 10 aliphatic rings. The summed E-state index contributed by atoms with van der Waals surface area (Å²) in [5, 5.41) is 22.4. The Hall–Kier alpha value is -2.98. The van der Waals surface area contributed by atoms with Gasteiger partial charge in [-0.3, -0.25) is 19.0 Å². The average Bonchev–Trinajstić information content (AvgIpc) is 0.687. The van der Waals surface area contributed by atoms with Gasteiger partial charge in [-0.15, -0.1) is 0 Å². The molecule has 10 aliphatic carbocycles. The van der Waals surface area contributed by atoms with Gasteiger partial charge in [0.15, 0.2) is 0 Å². The van der Waals surface area contributed by atoms with Gasteiger partial charge in [-0.05, 0) is 264 Å². The fourth-order valence-electron chi connectivity index (χ4n) is 24.4. The third-order valence-corrected chi connectivity index (χ3v) is 30.5. The number of allylic oxidation sites excluding steroid dienone is 4. The normalized spacial score (nSPS) is 42.8. The zero-order valence-electron chi connectivity index (χ0n) is 57.7. The van der Waals surface area contributed by atoms with Crippen LogP contribution in [0.5, 0.6) is 0 Å². The van der Waals surface area contributed by atoms with Crippen LogP contribution in [0.2, 0.25) is 0 Å². The van der Waals surface area contributed by atoms with Crippen molar-refractivity contribution in [3.05, 3.63) is 55.9 Å². The molecule has 0 radical (unpaired) electrons. The molecule has 10 heteroatoms. The summed E-state index contributed by atoms with van der Waals surface area (Å²) in [6.07, 6.45) is 33.7. The predicted molar refractivity (Wildman–Crippen MR) is 349 cm³/mol. The molecule has 8 saturated carbocycles. The lowest BCUT2D eigenvalue weighted by molar-refractivity contribution is -0.206. The van der Waals surface area contributed by atoms with Crippen molar-refractivity contribution in [1.29, 1.82) is 0 Å². The van der Waals surface area contributed by atoms with Gasteiger partial charge in [0.25, 0.3) is 5.56 Å². The molecule has 0 saturated heterocycles. The second-order valence-electron chi connectivity index (χ2n) is 36.3. The van der Waals surface area contributed by atoms with Crippen molar-refractivity contribution in [1.82, 2.24) is 9.13 Å². The third kappa shape index (κ3) is 10.2. The molecule has 0 bridgehead atoms. The number of hydrogen-bond donors (Lipinski definition) is 2. The Bertz CT molecular complexity index is 2980. The fraction of sp³-hybridized carbons (Fsp3) is 0.870. The van der Waals surface area contributed by atoms with Crippen molar-refractivity contribution in [2.75, 3.05) is 13.2 Å². The summed E-state index contributed by atoms with van der Waals surface area (Å²) in [4.78, 5) is 56.6. The molecule has 488 valence electrons. The number of aromatic nitrogens is 2. The van der Waals surface area contributed by atoms with Crippen LogP contribution in [-0.4, -0.2) is 56.7 Å². The van der Waals surface area contributed by atoms with E-state index in [9.17, 15) is 29.4 Å². The third-order valence-electron chi connectivity index (χ3n) is 30.5. The first-order valence-electron chi connectivity index (χ1n) is 36.1. The highest BCUT2D eigenvalue weighted by Gasteiger charge is 2.72. The standard InChI is InChI=1S/C77H122N2O8/c1-51-50-78(44-20-16-18-22-46-86-63(83)76-40-36-66(2,3)48-54(76)52-24-26-58-70(10)32-30-60(80)68(6,7)56(70)28-34-74(58,14)72(52,12)38-42-76)65(85)79(62(51)82)45-21-17-19-23-47-87-64(84)77-41-37-67(4,5)49-55(77)53-25-27-59-71(11)33-31-61(81)69(8,9)57(71)29-35-75(59,15)73(53,13)39-43-77/h24-25,50,54-61,80-81H,16-23,26-49H2,1-15H3/t54-,55-,56?,57?,58?,59?,60-,61-,70-,71-,72+,73+,74+,75+,76-,77-/m0/s1. The molecule has 1 aromatic heterocycles. The van der Waals surface area contributed by atoms with Crippen LogP contribution in [-0.2, 0) is 32.2 Å². The number of aliphatic hydroxyl groups excluding tert-OH is 2. The molecule has 16 atom stereocenters. The molecule has 2 N–H and O–H groups in total. The lowest BCUT2D eigenvalue weighted by atomic mass is 9.33. The monoisotopic (exact) mass is 1200 g/mol. The van der Waals surface area contributed by atoms with Gasteiger partial charge >= 0.3 is 17.6 Å². The number of aliphatic hydroxyl groups is 2. The Labute approximate surface area is 526 Å². The molecule has 8 fully saturated rings. The molecule has 11 rings (SSSR count). The number of carbonyl (C=O) groups excluding carboxylic acids is 2. The minimum absolute atomic E-state index is 0.0137. The molecule has 1 aromatic rings. The molecule has 0 aliphatic heterocycles. The van der Waals surface area contributed by atoms with E-state index in [1.807, 2.05) is 0 Å². The Morgan fingerprint density at radius 2 is 0.897 bits per heavy atom. The van der Waals surface area contributed by atoms with E-state index in [0.717, 1.165) is 154 Å². The van der Waals surface area contributed by atoms with Gasteiger partial charge in [-0.1, -0.05) is 133 Å². The molecule has 1 heterocycles. The summed E-state index contributed by atoms with van der Waals surface area (Å²) < 4.78 is 15.9. The zero-order chi connectivity index (χ0) is 63.0. The summed E-state index contributed by atoms with van der Waals surface area (Å²) in [5.74, 6) is 2.59. The Kier molecular flexibility index (Phi) is 17.1. The van der Waals surface area contributed by atoms with E-state index in [2.05, 4.69) is 109 Å². The highest BCUT2D eigenvalue weighted by Crippen LogP contribution is 2.78. The number of fused-ring (bicyclic) bond motifs is 14. The average molecular weight is 1200 g/mol. The first-order chi connectivity index (χ1) is 40.6. The van der Waals surface area contributed by atoms with Crippen LogP contribution in [0.4, 0.5) is 0 Å². The molecule has 0 spiro atoms. The van der Waals surface area contributed by atoms with Crippen molar-refractivity contribution in [2.45, 2.75) is 309 Å². The molecule has 87 heavy (non-hydrogen) atoms. The first kappa shape index (κ1) is 65.5. The number of nitrogens with zero attached hydrogens (tertiary/aromatic N) is 2. The van der Waals surface area contributed by atoms with Gasteiger partial charge < -0.3 is 24.3 Å². The van der Waals surface area contributed by atoms with Gasteiger partial charge in [0.1, 0.15) is 0 Å². The first-order valence-corrected chi connectivity index (χ1v) is 36.1. The van der Waals surface area contributed by atoms with E-state index < -0.39 is 10.8 Å². The number of unbranched alkanes of at least 4 members (excludes halogenated alkanes) is 6. The topological polar surface area (TPSA) is 137 Å². The summed E-state index contributed by atoms with van der Waals surface area (Å²) in [6.45, 7) is 38.0. The van der Waals surface area contributed by atoms with Gasteiger partial charge in [0.05, 0.1) is 36.3 Å². The highest BCUT2D eigenvalue weighted by atomic mass is 16.5. The summed E-state index contributed by atoms with van der Waals surface area (Å²) >= 11 is 0. The minimum atomic E-state index is -0.477. The van der Waals surface area contributed by atoms with Crippen molar-refractivity contribution >= 4 is 11.9 Å². The summed E-state index contributed by atoms with van der Waals surface area (Å²) in [6, 6.07) is 0. The van der Waals surface area contributed by atoms with Crippen LogP contribution >= 0.6 is 0 Å². The second kappa shape index (κ2) is 22.7. The molecular formula is C77H122N2O8. The van der Waals surface area contributed by atoms with Gasteiger partial charge in [0, 0.05) is 24.8 Å². The van der Waals surface area contributed by atoms with Crippen LogP contribution in [0, 0.1) is 107 Å². The van der Waals surface area contributed by atoms with Crippen LogP contribution in [0.1, 0.15) is 282 Å². The number of ether oxygens (including phenoxy) is 2. The van der Waals surface area contributed by atoms with Gasteiger partial charge in [-0.2, -0.15) is 0 Å². The van der Waals surface area contributed by atoms with Crippen molar-refractivity contribution in [3.63, 3.8) is 0 Å². The zero-order valence-corrected chi connectivity index (χ0v) is 57.7. The molecule has 0 aromatic carbocycles. The maximum Gasteiger partial charge on any atom is 0.330 e. The van der Waals surface area contributed by atoms with Crippen LogP contribution < -0.4 is 11.2 Å². The van der Waals surface area contributed by atoms with Gasteiger partial charge in [-0.25, -0.2) is 4.79 Å². The van der Waals surface area contributed by atoms with Crippen molar-refractivity contribution in [2.24, 2.45) is 100 Å². The lowest BCUT2D eigenvalue weighted by Gasteiger charge is -2.71. The lowest BCUT2D eigenvalue weighted by Crippen LogP contribution is -2.65. The fourth-order valence-corrected chi connectivity index (χ4v) is 24.4. The quantitative estimate of drug-likeness (QED) is 0.0948. The number of carbonyl (C=O) groups is 2. The molecule has 10 nitrogen and oxygen atoms in total. The van der Waals surface area contributed by atoms with Gasteiger partial charge in [0.2, 0.25) is 0 Å². The van der Waals surface area contributed by atoms with E-state index in [1.165, 1.54) is 23.8 Å². The van der Waals surface area contributed by atoms with E-state index in [1.54, 1.807) is 28.8 Å². The maximum absolute atomic E-state index is 14.7. The number of rotatable bonds is 16. The summed E-state index contributed by atoms with van der Waals surface area (Å²) in [7, 11) is 0. The maximum atomic E-state index is 14.7. The Balaban J connectivity index is 0.641. The minimum Gasteiger partial charge on any atom is -0.465 e. The number of esters is 2. The van der Waals surface area contributed by atoms with E-state index in [4.69, 9.17) is 9.47 Å². The summed E-state index contributed by atoms with van der Waals surface area (Å²) in [5.41, 5.74) is 3.19. The van der Waals surface area contributed by atoms with E-state index in [-0.39, 0.29) is 101 Å².